The van der Waals surface area contributed by atoms with Crippen LogP contribution in [0.3, 0.4) is 0 Å². The van der Waals surface area contributed by atoms with Gasteiger partial charge in [0.2, 0.25) is 5.91 Å². The number of carbonyl (C=O) groups is 4. The fraction of sp³-hybridized carbons (Fsp3) is 0.407. The molecule has 3 aliphatic rings. The summed E-state index contributed by atoms with van der Waals surface area (Å²) in [5.41, 5.74) is -0.376. The molecule has 2 aromatic rings. The molecule has 2 N–H and O–H groups in total. The summed E-state index contributed by atoms with van der Waals surface area (Å²) in [6, 6.07) is 1.98. The van der Waals surface area contributed by atoms with Crippen molar-refractivity contribution in [2.75, 3.05) is 13.6 Å². The molecule has 14 heteroatoms. The zero-order valence-corrected chi connectivity index (χ0v) is 21.7. The standard InChI is InChI=1S/C27H24F6N4O4/c1-12-17(18-6-16(28)7-19(29)21(18)30)8-20(23(39)37(12)11-27(31,32)33)34-22(38)13-3-4-14-9-26(10-15(14)5-13)24(40)35-25(41)36(26)2/h3-7,12,17,20H,8-11H2,1-2H3,(H,34,38)(H,35,40,41)/t12-,17-,20+,26+/m1/s1. The van der Waals surface area contributed by atoms with Crippen molar-refractivity contribution in [3.05, 3.63) is 70.0 Å². The first-order valence-electron chi connectivity index (χ1n) is 12.6. The van der Waals surface area contributed by atoms with Gasteiger partial charge in [-0.3, -0.25) is 19.7 Å². The van der Waals surface area contributed by atoms with Gasteiger partial charge in [0.1, 0.15) is 23.9 Å². The third-order valence-electron chi connectivity index (χ3n) is 8.24. The molecular formula is C27H24F6N4O4. The maximum Gasteiger partial charge on any atom is 0.406 e. The zero-order valence-electron chi connectivity index (χ0n) is 21.7. The number of amides is 5. The van der Waals surface area contributed by atoms with Gasteiger partial charge in [-0.25, -0.2) is 18.0 Å². The Kier molecular flexibility index (Phi) is 6.77. The fourth-order valence-electron chi connectivity index (χ4n) is 6.02. The number of benzene rings is 2. The molecule has 218 valence electrons. The molecule has 41 heavy (non-hydrogen) atoms. The highest BCUT2D eigenvalue weighted by Crippen LogP contribution is 2.39. The Morgan fingerprint density at radius 2 is 1.76 bits per heavy atom. The van der Waals surface area contributed by atoms with E-state index in [0.29, 0.717) is 28.2 Å². The van der Waals surface area contributed by atoms with Gasteiger partial charge in [0.05, 0.1) is 0 Å². The highest BCUT2D eigenvalue weighted by molar-refractivity contribution is 6.08. The second-order valence-corrected chi connectivity index (χ2v) is 10.7. The number of halogens is 6. The van der Waals surface area contributed by atoms with E-state index in [1.165, 1.54) is 31.0 Å². The molecule has 0 bridgehead atoms. The number of nitrogens with one attached hydrogen (secondary N) is 2. The minimum absolute atomic E-state index is 0.0292. The van der Waals surface area contributed by atoms with Crippen LogP contribution in [0, 0.1) is 17.5 Å². The van der Waals surface area contributed by atoms with E-state index >= 15 is 0 Å². The number of carbonyl (C=O) groups excluding carboxylic acids is 4. The Labute approximate surface area is 229 Å². The number of likely N-dealkylation sites (tertiary alicyclic amines) is 1. The van der Waals surface area contributed by atoms with Crippen LogP contribution in [-0.4, -0.2) is 70.9 Å². The van der Waals surface area contributed by atoms with Crippen LogP contribution in [0.1, 0.15) is 46.3 Å². The number of fused-ring (bicyclic) bond motifs is 1. The van der Waals surface area contributed by atoms with Crippen molar-refractivity contribution in [2.24, 2.45) is 0 Å². The van der Waals surface area contributed by atoms with Gasteiger partial charge in [-0.05, 0) is 48.2 Å². The highest BCUT2D eigenvalue weighted by Gasteiger charge is 2.54. The Morgan fingerprint density at radius 1 is 1.07 bits per heavy atom. The molecule has 2 saturated heterocycles. The van der Waals surface area contributed by atoms with E-state index in [9.17, 15) is 45.5 Å². The largest absolute Gasteiger partial charge is 0.406 e. The molecule has 8 nitrogen and oxygen atoms in total. The third-order valence-corrected chi connectivity index (χ3v) is 8.24. The van der Waals surface area contributed by atoms with Crippen LogP contribution < -0.4 is 10.6 Å². The quantitative estimate of drug-likeness (QED) is 0.329. The van der Waals surface area contributed by atoms with Gasteiger partial charge in [0.25, 0.3) is 11.8 Å². The molecule has 1 spiro atoms. The number of likely N-dealkylation sites (N-methyl/N-ethyl adjacent to an activating group) is 1. The Hall–Kier alpha value is -4.10. The van der Waals surface area contributed by atoms with Crippen molar-refractivity contribution >= 4 is 23.8 Å². The van der Waals surface area contributed by atoms with Crippen molar-refractivity contribution < 1.29 is 45.5 Å². The van der Waals surface area contributed by atoms with E-state index in [1.807, 2.05) is 0 Å². The van der Waals surface area contributed by atoms with Gasteiger partial charge in [-0.2, -0.15) is 13.2 Å². The summed E-state index contributed by atoms with van der Waals surface area (Å²) in [5.74, 6) is -7.82. The first-order chi connectivity index (χ1) is 19.1. The lowest BCUT2D eigenvalue weighted by Crippen LogP contribution is -2.59. The normalized spacial score (nSPS) is 26.0. The number of alkyl halides is 3. The van der Waals surface area contributed by atoms with E-state index < -0.39 is 89.5 Å². The summed E-state index contributed by atoms with van der Waals surface area (Å²) >= 11 is 0. The van der Waals surface area contributed by atoms with Crippen LogP contribution in [-0.2, 0) is 22.4 Å². The molecule has 0 saturated carbocycles. The number of urea groups is 1. The molecular weight excluding hydrogens is 558 g/mol. The summed E-state index contributed by atoms with van der Waals surface area (Å²) in [6.45, 7) is -0.504. The average molecular weight is 583 g/mol. The van der Waals surface area contributed by atoms with Gasteiger partial charge in [-0.1, -0.05) is 6.07 Å². The van der Waals surface area contributed by atoms with Crippen LogP contribution in [0.5, 0.6) is 0 Å². The molecule has 4 atom stereocenters. The molecule has 2 heterocycles. The number of hydrogen-bond donors (Lipinski definition) is 2. The second kappa shape index (κ2) is 9.77. The van der Waals surface area contributed by atoms with Crippen LogP contribution >= 0.6 is 0 Å². The topological polar surface area (TPSA) is 98.8 Å². The van der Waals surface area contributed by atoms with E-state index in [2.05, 4.69) is 10.6 Å². The van der Waals surface area contributed by atoms with Gasteiger partial charge in [0.15, 0.2) is 11.6 Å². The Bertz CT molecular complexity index is 1480. The molecule has 2 aliphatic heterocycles. The molecule has 5 amide bonds. The number of nitrogens with zero attached hydrogens (tertiary/aromatic N) is 2. The lowest BCUT2D eigenvalue weighted by Gasteiger charge is -2.43. The molecule has 5 rings (SSSR count). The molecule has 2 fully saturated rings. The number of imide groups is 1. The number of rotatable bonds is 4. The number of piperidine rings is 1. The van der Waals surface area contributed by atoms with Crippen LogP contribution in [0.2, 0.25) is 0 Å². The number of hydrogen-bond acceptors (Lipinski definition) is 4. The van der Waals surface area contributed by atoms with Crippen LogP contribution in [0.25, 0.3) is 0 Å². The van der Waals surface area contributed by atoms with Crippen molar-refractivity contribution in [1.29, 1.82) is 0 Å². The monoisotopic (exact) mass is 582 g/mol. The summed E-state index contributed by atoms with van der Waals surface area (Å²) in [4.78, 5) is 52.6. The van der Waals surface area contributed by atoms with Gasteiger partial charge < -0.3 is 15.1 Å². The van der Waals surface area contributed by atoms with Gasteiger partial charge in [0, 0.05) is 43.5 Å². The molecule has 0 aromatic heterocycles. The minimum atomic E-state index is -4.84. The Morgan fingerprint density at radius 3 is 2.39 bits per heavy atom. The summed E-state index contributed by atoms with van der Waals surface area (Å²) in [6.07, 6.45) is -4.94. The van der Waals surface area contributed by atoms with E-state index in [0.717, 1.165) is 0 Å². The maximum absolute atomic E-state index is 14.7. The van der Waals surface area contributed by atoms with Gasteiger partial charge >= 0.3 is 12.2 Å². The molecule has 0 radical (unpaired) electrons. The van der Waals surface area contributed by atoms with E-state index in [4.69, 9.17) is 0 Å². The van der Waals surface area contributed by atoms with E-state index in [1.54, 1.807) is 6.07 Å². The van der Waals surface area contributed by atoms with Crippen molar-refractivity contribution in [3.8, 4) is 0 Å². The maximum atomic E-state index is 14.7. The first kappa shape index (κ1) is 28.4. The van der Waals surface area contributed by atoms with Crippen molar-refractivity contribution in [3.63, 3.8) is 0 Å². The summed E-state index contributed by atoms with van der Waals surface area (Å²) in [5, 5.41) is 4.65. The predicted molar refractivity (Wildman–Crippen MR) is 130 cm³/mol. The van der Waals surface area contributed by atoms with E-state index in [-0.39, 0.29) is 18.4 Å². The third kappa shape index (κ3) is 4.88. The fourth-order valence-corrected chi connectivity index (χ4v) is 6.02. The Balaban J connectivity index is 1.42. The first-order valence-corrected chi connectivity index (χ1v) is 12.6. The lowest BCUT2D eigenvalue weighted by molar-refractivity contribution is -0.170. The summed E-state index contributed by atoms with van der Waals surface area (Å²) in [7, 11) is 1.48. The van der Waals surface area contributed by atoms with Crippen LogP contribution in [0.15, 0.2) is 30.3 Å². The zero-order chi connectivity index (χ0) is 30.0. The van der Waals surface area contributed by atoms with Crippen molar-refractivity contribution in [1.82, 2.24) is 20.4 Å². The van der Waals surface area contributed by atoms with Gasteiger partial charge in [-0.15, -0.1) is 0 Å². The molecule has 0 unspecified atom stereocenters. The SMILES string of the molecule is C[C@@H]1[C@H](c2cc(F)cc(F)c2F)C[C@H](NC(=O)c2ccc3c(c2)C[C@@]2(C3)C(=O)NC(=O)N2C)C(=O)N1CC(F)(F)F. The average Bonchev–Trinajstić information content (AvgIpc) is 3.37. The smallest absolute Gasteiger partial charge is 0.340 e. The lowest BCUT2D eigenvalue weighted by atomic mass is 9.81. The predicted octanol–water partition coefficient (Wildman–Crippen LogP) is 3.19. The van der Waals surface area contributed by atoms with Crippen LogP contribution in [0.4, 0.5) is 31.1 Å². The molecule has 1 aliphatic carbocycles. The van der Waals surface area contributed by atoms with Crippen molar-refractivity contribution in [2.45, 2.75) is 55.9 Å². The minimum Gasteiger partial charge on any atom is -0.340 e. The summed E-state index contributed by atoms with van der Waals surface area (Å²) < 4.78 is 82.8. The highest BCUT2D eigenvalue weighted by atomic mass is 19.4. The molecule has 2 aromatic carbocycles. The second-order valence-electron chi connectivity index (χ2n) is 10.7.